The average Bonchev–Trinajstić information content (AvgIpc) is 2.37. The van der Waals surface area contributed by atoms with Crippen LogP contribution in [0.3, 0.4) is 0 Å². The zero-order chi connectivity index (χ0) is 14.9. The van der Waals surface area contributed by atoms with Gasteiger partial charge in [0.15, 0.2) is 0 Å². The van der Waals surface area contributed by atoms with E-state index in [9.17, 15) is 4.39 Å². The van der Waals surface area contributed by atoms with E-state index in [4.69, 9.17) is 5.73 Å². The number of nitrogens with two attached hydrogens (primary N) is 1. The molecular formula is C17H27FN2. The van der Waals surface area contributed by atoms with E-state index >= 15 is 0 Å². The van der Waals surface area contributed by atoms with Crippen LogP contribution in [-0.2, 0) is 0 Å². The van der Waals surface area contributed by atoms with Crippen molar-refractivity contribution in [2.24, 2.45) is 11.1 Å². The van der Waals surface area contributed by atoms with Crippen LogP contribution in [0.5, 0.6) is 0 Å². The molecule has 1 aromatic carbocycles. The number of hydrogen-bond donors (Lipinski definition) is 1. The third-order valence-electron chi connectivity index (χ3n) is 4.72. The first kappa shape index (κ1) is 15.3. The summed E-state index contributed by atoms with van der Waals surface area (Å²) < 4.78 is 14.0. The minimum Gasteiger partial charge on any atom is -0.371 e. The molecular weight excluding hydrogens is 251 g/mol. The highest BCUT2D eigenvalue weighted by Gasteiger charge is 2.30. The Morgan fingerprint density at radius 3 is 2.45 bits per heavy atom. The maximum Gasteiger partial charge on any atom is 0.130 e. The van der Waals surface area contributed by atoms with Crippen LogP contribution in [0.2, 0.25) is 0 Å². The minimum absolute atomic E-state index is 0.194. The SMILES string of the molecule is CC(N)c1c(F)cccc1N(C)C1CCC(C)(C)CC1. The molecule has 112 valence electrons. The van der Waals surface area contributed by atoms with Gasteiger partial charge in [0, 0.05) is 30.4 Å². The molecule has 1 aliphatic rings. The highest BCUT2D eigenvalue weighted by molar-refractivity contribution is 5.55. The van der Waals surface area contributed by atoms with Gasteiger partial charge in [-0.1, -0.05) is 19.9 Å². The van der Waals surface area contributed by atoms with Crippen LogP contribution in [0.25, 0.3) is 0 Å². The second-order valence-corrected chi connectivity index (χ2v) is 6.97. The van der Waals surface area contributed by atoms with E-state index in [0.29, 0.717) is 17.0 Å². The molecule has 2 N–H and O–H groups in total. The van der Waals surface area contributed by atoms with Crippen molar-refractivity contribution < 1.29 is 4.39 Å². The molecule has 0 aromatic heterocycles. The third-order valence-corrected chi connectivity index (χ3v) is 4.72. The minimum atomic E-state index is -0.284. The lowest BCUT2D eigenvalue weighted by Crippen LogP contribution is -2.38. The van der Waals surface area contributed by atoms with E-state index in [1.54, 1.807) is 6.07 Å². The molecule has 20 heavy (non-hydrogen) atoms. The molecule has 0 spiro atoms. The molecule has 2 nitrogen and oxygen atoms in total. The highest BCUT2D eigenvalue weighted by atomic mass is 19.1. The van der Waals surface area contributed by atoms with Crippen LogP contribution in [0.1, 0.15) is 58.1 Å². The van der Waals surface area contributed by atoms with Gasteiger partial charge in [0.05, 0.1) is 0 Å². The smallest absolute Gasteiger partial charge is 0.130 e. The average molecular weight is 278 g/mol. The Bertz CT molecular complexity index is 458. The van der Waals surface area contributed by atoms with Gasteiger partial charge in [-0.05, 0) is 50.2 Å². The normalized spacial score (nSPS) is 20.7. The zero-order valence-electron chi connectivity index (χ0n) is 13.1. The predicted molar refractivity (Wildman–Crippen MR) is 83.4 cm³/mol. The number of rotatable bonds is 3. The standard InChI is InChI=1S/C17H27FN2/c1-12(19)16-14(18)6-5-7-15(16)20(4)13-8-10-17(2,3)11-9-13/h5-7,12-13H,8-11,19H2,1-4H3. The van der Waals surface area contributed by atoms with Gasteiger partial charge in [0.2, 0.25) is 0 Å². The van der Waals surface area contributed by atoms with Gasteiger partial charge in [-0.15, -0.1) is 0 Å². The van der Waals surface area contributed by atoms with Gasteiger partial charge in [-0.2, -0.15) is 0 Å². The molecule has 1 saturated carbocycles. The Morgan fingerprint density at radius 2 is 1.90 bits per heavy atom. The molecule has 1 unspecified atom stereocenters. The predicted octanol–water partition coefficient (Wildman–Crippen LogP) is 4.25. The lowest BCUT2D eigenvalue weighted by molar-refractivity contribution is 0.222. The fourth-order valence-electron chi connectivity index (χ4n) is 3.25. The number of nitrogens with zero attached hydrogens (tertiary/aromatic N) is 1. The first-order chi connectivity index (χ1) is 9.32. The van der Waals surface area contributed by atoms with Crippen LogP contribution >= 0.6 is 0 Å². The Kier molecular flexibility index (Phi) is 4.38. The molecule has 0 amide bonds. The molecule has 0 bridgehead atoms. The molecule has 0 aliphatic heterocycles. The number of halogens is 1. The van der Waals surface area contributed by atoms with Crippen molar-refractivity contribution in [3.63, 3.8) is 0 Å². The van der Waals surface area contributed by atoms with Crippen LogP contribution < -0.4 is 10.6 Å². The summed E-state index contributed by atoms with van der Waals surface area (Å²) in [6.45, 7) is 6.51. The molecule has 0 heterocycles. The van der Waals surface area contributed by atoms with Crippen LogP contribution in [-0.4, -0.2) is 13.1 Å². The van der Waals surface area contributed by atoms with Crippen molar-refractivity contribution in [2.45, 2.75) is 58.5 Å². The molecule has 1 aliphatic carbocycles. The molecule has 1 fully saturated rings. The summed E-state index contributed by atoms with van der Waals surface area (Å²) >= 11 is 0. The van der Waals surface area contributed by atoms with Gasteiger partial charge in [0.1, 0.15) is 5.82 Å². The molecule has 0 radical (unpaired) electrons. The van der Waals surface area contributed by atoms with Crippen LogP contribution in [0, 0.1) is 11.2 Å². The summed E-state index contributed by atoms with van der Waals surface area (Å²) in [6, 6.07) is 5.47. The topological polar surface area (TPSA) is 29.3 Å². The first-order valence-electron chi connectivity index (χ1n) is 7.58. The highest BCUT2D eigenvalue weighted by Crippen LogP contribution is 2.39. The van der Waals surface area contributed by atoms with Gasteiger partial charge in [-0.25, -0.2) is 4.39 Å². The Balaban J connectivity index is 2.22. The van der Waals surface area contributed by atoms with Crippen molar-refractivity contribution in [1.82, 2.24) is 0 Å². The second-order valence-electron chi connectivity index (χ2n) is 6.97. The van der Waals surface area contributed by atoms with Crippen LogP contribution in [0.4, 0.5) is 10.1 Å². The maximum absolute atomic E-state index is 14.0. The lowest BCUT2D eigenvalue weighted by Gasteiger charge is -2.40. The van der Waals surface area contributed by atoms with E-state index in [-0.39, 0.29) is 11.9 Å². The summed E-state index contributed by atoms with van der Waals surface area (Å²) in [4.78, 5) is 2.23. The van der Waals surface area contributed by atoms with Gasteiger partial charge >= 0.3 is 0 Å². The summed E-state index contributed by atoms with van der Waals surface area (Å²) in [5, 5.41) is 0. The van der Waals surface area contributed by atoms with E-state index in [1.165, 1.54) is 31.7 Å². The third kappa shape index (κ3) is 3.14. The fourth-order valence-corrected chi connectivity index (χ4v) is 3.25. The largest absolute Gasteiger partial charge is 0.371 e. The van der Waals surface area contributed by atoms with E-state index < -0.39 is 0 Å². The maximum atomic E-state index is 14.0. The summed E-state index contributed by atoms with van der Waals surface area (Å²) in [6.07, 6.45) is 4.78. The monoisotopic (exact) mass is 278 g/mol. The van der Waals surface area contributed by atoms with Crippen molar-refractivity contribution in [1.29, 1.82) is 0 Å². The summed E-state index contributed by atoms with van der Waals surface area (Å²) in [5.41, 5.74) is 7.99. The van der Waals surface area contributed by atoms with Crippen molar-refractivity contribution >= 4 is 5.69 Å². The molecule has 3 heteroatoms. The zero-order valence-corrected chi connectivity index (χ0v) is 13.1. The Labute approximate surface area is 122 Å². The number of hydrogen-bond acceptors (Lipinski definition) is 2. The number of anilines is 1. The van der Waals surface area contributed by atoms with Gasteiger partial charge in [-0.3, -0.25) is 0 Å². The fraction of sp³-hybridized carbons (Fsp3) is 0.647. The van der Waals surface area contributed by atoms with Crippen LogP contribution in [0.15, 0.2) is 18.2 Å². The Morgan fingerprint density at radius 1 is 1.30 bits per heavy atom. The number of benzene rings is 1. The van der Waals surface area contributed by atoms with Crippen molar-refractivity contribution in [3.05, 3.63) is 29.6 Å². The molecule has 1 aromatic rings. The Hall–Kier alpha value is -1.09. The van der Waals surface area contributed by atoms with E-state index in [0.717, 1.165) is 5.69 Å². The van der Waals surface area contributed by atoms with Crippen molar-refractivity contribution in [2.75, 3.05) is 11.9 Å². The summed E-state index contributed by atoms with van der Waals surface area (Å²) in [7, 11) is 2.07. The lowest BCUT2D eigenvalue weighted by atomic mass is 9.75. The van der Waals surface area contributed by atoms with Crippen molar-refractivity contribution in [3.8, 4) is 0 Å². The van der Waals surface area contributed by atoms with Gasteiger partial charge < -0.3 is 10.6 Å². The van der Waals surface area contributed by atoms with E-state index in [1.807, 2.05) is 13.0 Å². The second kappa shape index (κ2) is 5.72. The van der Waals surface area contributed by atoms with Gasteiger partial charge in [0.25, 0.3) is 0 Å². The molecule has 0 saturated heterocycles. The molecule has 1 atom stereocenters. The summed E-state index contributed by atoms with van der Waals surface area (Å²) in [5.74, 6) is -0.194. The molecule has 2 rings (SSSR count). The quantitative estimate of drug-likeness (QED) is 0.895. The van der Waals surface area contributed by atoms with E-state index in [2.05, 4.69) is 25.8 Å². The first-order valence-corrected chi connectivity index (χ1v) is 7.58.